The lowest BCUT2D eigenvalue weighted by Gasteiger charge is -2.18. The summed E-state index contributed by atoms with van der Waals surface area (Å²) < 4.78 is 5.20. The van der Waals surface area contributed by atoms with E-state index in [0.717, 1.165) is 37.0 Å². The maximum atomic E-state index is 11.9. The number of ether oxygens (including phenoxy) is 1. The smallest absolute Gasteiger partial charge is 0.315 e. The van der Waals surface area contributed by atoms with Crippen LogP contribution in [0.2, 0.25) is 0 Å². The summed E-state index contributed by atoms with van der Waals surface area (Å²) in [6.07, 6.45) is 3.36. The highest BCUT2D eigenvalue weighted by molar-refractivity contribution is 5.74. The van der Waals surface area contributed by atoms with Gasteiger partial charge in [-0.3, -0.25) is 0 Å². The zero-order valence-corrected chi connectivity index (χ0v) is 13.3. The number of hydrogen-bond acceptors (Lipinski definition) is 3. The molecule has 22 heavy (non-hydrogen) atoms. The van der Waals surface area contributed by atoms with Gasteiger partial charge in [-0.15, -0.1) is 0 Å². The van der Waals surface area contributed by atoms with Crippen molar-refractivity contribution in [3.63, 3.8) is 0 Å². The lowest BCUT2D eigenvalue weighted by Crippen LogP contribution is -2.44. The highest BCUT2D eigenvalue weighted by Crippen LogP contribution is 2.24. The first-order valence-electron chi connectivity index (χ1n) is 7.94. The van der Waals surface area contributed by atoms with Gasteiger partial charge in [-0.1, -0.05) is 18.6 Å². The molecular weight excluding hydrogens is 280 g/mol. The van der Waals surface area contributed by atoms with E-state index in [1.165, 1.54) is 0 Å². The number of methoxy groups -OCH3 is 1. The van der Waals surface area contributed by atoms with Crippen molar-refractivity contribution in [2.45, 2.75) is 44.8 Å². The lowest BCUT2D eigenvalue weighted by atomic mass is 10.1. The zero-order valence-electron chi connectivity index (χ0n) is 13.3. The monoisotopic (exact) mass is 306 g/mol. The highest BCUT2D eigenvalue weighted by atomic mass is 16.5. The molecule has 1 saturated carbocycles. The standard InChI is InChI=1S/C17H26N2O3/c1-12(9-13-5-3-7-15(10-13)22-2)19-17(21)18-11-14-6-4-8-16(14)20/h3,5,7,10,12,14,16,20H,4,6,8-9,11H2,1-2H3,(H2,18,19,21). The number of nitrogens with one attached hydrogen (secondary N) is 2. The predicted molar refractivity (Wildman–Crippen MR) is 86.0 cm³/mol. The number of carbonyl (C=O) groups excluding carboxylic acids is 1. The number of aliphatic hydroxyl groups is 1. The van der Waals surface area contributed by atoms with Crippen LogP contribution in [0.15, 0.2) is 24.3 Å². The minimum absolute atomic E-state index is 0.0283. The molecule has 5 heteroatoms. The summed E-state index contributed by atoms with van der Waals surface area (Å²) in [5, 5.41) is 15.5. The van der Waals surface area contributed by atoms with Crippen molar-refractivity contribution in [1.82, 2.24) is 10.6 Å². The van der Waals surface area contributed by atoms with Gasteiger partial charge in [0.2, 0.25) is 0 Å². The fourth-order valence-corrected chi connectivity index (χ4v) is 2.96. The van der Waals surface area contributed by atoms with E-state index >= 15 is 0 Å². The van der Waals surface area contributed by atoms with Crippen LogP contribution in [0, 0.1) is 5.92 Å². The Bertz CT molecular complexity index is 493. The van der Waals surface area contributed by atoms with Crippen LogP contribution in [-0.4, -0.2) is 36.9 Å². The van der Waals surface area contributed by atoms with Crippen molar-refractivity contribution in [3.8, 4) is 5.75 Å². The molecular formula is C17H26N2O3. The Balaban J connectivity index is 1.73. The maximum Gasteiger partial charge on any atom is 0.315 e. The summed E-state index contributed by atoms with van der Waals surface area (Å²) in [7, 11) is 1.64. The summed E-state index contributed by atoms with van der Waals surface area (Å²) in [5.41, 5.74) is 1.12. The molecule has 1 aromatic carbocycles. The molecule has 2 rings (SSSR count). The van der Waals surface area contributed by atoms with Crippen molar-refractivity contribution < 1.29 is 14.6 Å². The summed E-state index contributed by atoms with van der Waals surface area (Å²) in [5.74, 6) is 1.02. The van der Waals surface area contributed by atoms with Crippen molar-refractivity contribution in [3.05, 3.63) is 29.8 Å². The van der Waals surface area contributed by atoms with Gasteiger partial charge in [-0.25, -0.2) is 4.79 Å². The van der Waals surface area contributed by atoms with Crippen molar-refractivity contribution >= 4 is 6.03 Å². The second-order valence-electron chi connectivity index (χ2n) is 6.07. The predicted octanol–water partition coefficient (Wildman–Crippen LogP) is 2.09. The van der Waals surface area contributed by atoms with Crippen molar-refractivity contribution in [2.75, 3.05) is 13.7 Å². The summed E-state index contributed by atoms with van der Waals surface area (Å²) >= 11 is 0. The molecule has 1 fully saturated rings. The van der Waals surface area contributed by atoms with Gasteiger partial charge >= 0.3 is 6.03 Å². The first-order valence-corrected chi connectivity index (χ1v) is 7.94. The number of urea groups is 1. The topological polar surface area (TPSA) is 70.6 Å². The third-order valence-corrected chi connectivity index (χ3v) is 4.20. The molecule has 5 nitrogen and oxygen atoms in total. The van der Waals surface area contributed by atoms with Crippen LogP contribution in [0.1, 0.15) is 31.7 Å². The SMILES string of the molecule is COc1cccc(CC(C)NC(=O)NCC2CCCC2O)c1. The molecule has 3 atom stereocenters. The fraction of sp³-hybridized carbons (Fsp3) is 0.588. The summed E-state index contributed by atoms with van der Waals surface area (Å²) in [4.78, 5) is 11.9. The van der Waals surface area contributed by atoms with Gasteiger partial charge in [-0.05, 0) is 43.9 Å². The normalized spacial score (nSPS) is 22.1. The Labute approximate surface area is 132 Å². The lowest BCUT2D eigenvalue weighted by molar-refractivity contribution is 0.132. The van der Waals surface area contributed by atoms with Crippen LogP contribution >= 0.6 is 0 Å². The third-order valence-electron chi connectivity index (χ3n) is 4.20. The van der Waals surface area contributed by atoms with E-state index in [4.69, 9.17) is 4.74 Å². The van der Waals surface area contributed by atoms with Crippen LogP contribution in [0.5, 0.6) is 5.75 Å². The molecule has 0 aliphatic heterocycles. The van der Waals surface area contributed by atoms with E-state index in [1.807, 2.05) is 31.2 Å². The van der Waals surface area contributed by atoms with E-state index in [2.05, 4.69) is 10.6 Å². The Kier molecular flexibility index (Phi) is 6.07. The molecule has 3 unspecified atom stereocenters. The number of benzene rings is 1. The molecule has 0 radical (unpaired) electrons. The average molecular weight is 306 g/mol. The fourth-order valence-electron chi connectivity index (χ4n) is 2.96. The number of carbonyl (C=O) groups is 1. The molecule has 2 amide bonds. The van der Waals surface area contributed by atoms with E-state index in [-0.39, 0.29) is 24.1 Å². The Morgan fingerprint density at radius 1 is 1.45 bits per heavy atom. The second-order valence-corrected chi connectivity index (χ2v) is 6.07. The molecule has 0 heterocycles. The first-order chi connectivity index (χ1) is 10.6. The average Bonchev–Trinajstić information content (AvgIpc) is 2.90. The Morgan fingerprint density at radius 3 is 2.95 bits per heavy atom. The molecule has 1 aliphatic rings. The quantitative estimate of drug-likeness (QED) is 0.753. The van der Waals surface area contributed by atoms with Gasteiger partial charge in [0.15, 0.2) is 0 Å². The largest absolute Gasteiger partial charge is 0.497 e. The van der Waals surface area contributed by atoms with Gasteiger partial charge in [0, 0.05) is 18.5 Å². The highest BCUT2D eigenvalue weighted by Gasteiger charge is 2.25. The second kappa shape index (κ2) is 8.03. The zero-order chi connectivity index (χ0) is 15.9. The molecule has 0 saturated heterocycles. The maximum absolute atomic E-state index is 11.9. The van der Waals surface area contributed by atoms with Crippen LogP contribution < -0.4 is 15.4 Å². The van der Waals surface area contributed by atoms with Gasteiger partial charge in [-0.2, -0.15) is 0 Å². The van der Waals surface area contributed by atoms with Crippen LogP contribution in [0.25, 0.3) is 0 Å². The van der Waals surface area contributed by atoms with Crippen molar-refractivity contribution in [2.24, 2.45) is 5.92 Å². The van der Waals surface area contributed by atoms with Crippen LogP contribution in [-0.2, 0) is 6.42 Å². The van der Waals surface area contributed by atoms with Gasteiger partial charge in [0.05, 0.1) is 13.2 Å². The minimum atomic E-state index is -0.269. The summed E-state index contributed by atoms with van der Waals surface area (Å²) in [6.45, 7) is 2.52. The Morgan fingerprint density at radius 2 is 2.27 bits per heavy atom. The van der Waals surface area contributed by atoms with Gasteiger partial charge in [0.25, 0.3) is 0 Å². The summed E-state index contributed by atoms with van der Waals surface area (Å²) in [6, 6.07) is 7.71. The molecule has 0 bridgehead atoms. The minimum Gasteiger partial charge on any atom is -0.497 e. The van der Waals surface area contributed by atoms with Crippen molar-refractivity contribution in [1.29, 1.82) is 0 Å². The molecule has 0 aromatic heterocycles. The first kappa shape index (κ1) is 16.6. The molecule has 1 aliphatic carbocycles. The van der Waals surface area contributed by atoms with E-state index in [1.54, 1.807) is 7.11 Å². The van der Waals surface area contributed by atoms with Crippen LogP contribution in [0.4, 0.5) is 4.79 Å². The van der Waals surface area contributed by atoms with Crippen LogP contribution in [0.3, 0.4) is 0 Å². The number of rotatable bonds is 6. The molecule has 1 aromatic rings. The number of hydrogen-bond donors (Lipinski definition) is 3. The molecule has 122 valence electrons. The van der Waals surface area contributed by atoms with Gasteiger partial charge < -0.3 is 20.5 Å². The van der Waals surface area contributed by atoms with E-state index in [0.29, 0.717) is 6.54 Å². The number of amides is 2. The molecule has 3 N–H and O–H groups in total. The van der Waals surface area contributed by atoms with Gasteiger partial charge in [0.1, 0.15) is 5.75 Å². The molecule has 0 spiro atoms. The van der Waals surface area contributed by atoms with E-state index in [9.17, 15) is 9.90 Å². The third kappa shape index (κ3) is 4.91. The van der Waals surface area contributed by atoms with E-state index < -0.39 is 0 Å². The Hall–Kier alpha value is -1.75. The number of aliphatic hydroxyl groups excluding tert-OH is 1.